The van der Waals surface area contributed by atoms with Gasteiger partial charge in [0.25, 0.3) is 0 Å². The summed E-state index contributed by atoms with van der Waals surface area (Å²) in [7, 11) is -0.399. The number of amides is 1. The van der Waals surface area contributed by atoms with E-state index in [9.17, 15) is 4.79 Å². The van der Waals surface area contributed by atoms with E-state index in [0.29, 0.717) is 6.61 Å². The minimum absolute atomic E-state index is 0.0404. The number of carbonyl (C=O) groups excluding carboxylic acids is 1. The van der Waals surface area contributed by atoms with Crippen molar-refractivity contribution in [2.75, 3.05) is 6.61 Å². The Morgan fingerprint density at radius 2 is 1.64 bits per heavy atom. The molecule has 0 spiro atoms. The maximum absolute atomic E-state index is 11.9. The van der Waals surface area contributed by atoms with Gasteiger partial charge in [-0.15, -0.1) is 0 Å². The van der Waals surface area contributed by atoms with Crippen LogP contribution in [0.4, 0.5) is 4.79 Å². The lowest BCUT2D eigenvalue weighted by atomic mass is 9.79. The van der Waals surface area contributed by atoms with Crippen LogP contribution in [0, 0.1) is 5.41 Å². The molecule has 1 saturated heterocycles. The summed E-state index contributed by atoms with van der Waals surface area (Å²) in [6, 6.07) is 7.70. The zero-order chi connectivity index (χ0) is 21.2. The van der Waals surface area contributed by atoms with Gasteiger partial charge in [0.15, 0.2) is 0 Å². The Morgan fingerprint density at radius 3 is 2.14 bits per heavy atom. The van der Waals surface area contributed by atoms with Gasteiger partial charge in [0, 0.05) is 0 Å². The lowest BCUT2D eigenvalue weighted by Gasteiger charge is -2.32. The van der Waals surface area contributed by atoms with Crippen molar-refractivity contribution in [3.8, 4) is 0 Å². The number of hydrogen-bond acceptors (Lipinski definition) is 5. The van der Waals surface area contributed by atoms with Crippen molar-refractivity contribution >= 4 is 18.7 Å². The van der Waals surface area contributed by atoms with Gasteiger partial charge in [-0.1, -0.05) is 45.0 Å². The molecular formula is C21H34BNO5. The zero-order valence-electron chi connectivity index (χ0n) is 18.4. The van der Waals surface area contributed by atoms with E-state index in [0.717, 1.165) is 11.0 Å². The molecule has 156 valence electrons. The number of nitrogens with one attached hydrogen (secondary N) is 1. The van der Waals surface area contributed by atoms with Crippen LogP contribution in [0.25, 0.3) is 0 Å². The second-order valence-electron chi connectivity index (χ2n) is 9.56. The first-order valence-corrected chi connectivity index (χ1v) is 9.78. The van der Waals surface area contributed by atoms with E-state index >= 15 is 0 Å². The fourth-order valence-corrected chi connectivity index (χ4v) is 2.52. The van der Waals surface area contributed by atoms with Gasteiger partial charge < -0.3 is 18.8 Å². The van der Waals surface area contributed by atoms with Crippen LogP contribution in [-0.2, 0) is 25.4 Å². The first-order valence-electron chi connectivity index (χ1n) is 9.78. The molecular weight excluding hydrogens is 357 g/mol. The highest BCUT2D eigenvalue weighted by Crippen LogP contribution is 2.36. The van der Waals surface area contributed by atoms with E-state index in [1.807, 2.05) is 52.0 Å². The fourth-order valence-electron chi connectivity index (χ4n) is 2.52. The summed E-state index contributed by atoms with van der Waals surface area (Å²) in [5.74, 6) is 0. The standard InChI is InChI=1S/C21H34BNO5/c1-15(26-14-19(2,3)4)23-18(24)25-13-16-9-11-17(12-10-16)22-27-20(5,6)21(7,8)28-22/h9-12,15H,13-14H2,1-8H3,(H,23,24). The molecule has 28 heavy (non-hydrogen) atoms. The van der Waals surface area contributed by atoms with Crippen LogP contribution in [0.2, 0.25) is 0 Å². The molecule has 1 unspecified atom stereocenters. The summed E-state index contributed by atoms with van der Waals surface area (Å²) in [6.07, 6.45) is -0.908. The van der Waals surface area contributed by atoms with Gasteiger partial charge >= 0.3 is 13.2 Å². The van der Waals surface area contributed by atoms with Gasteiger partial charge in [-0.25, -0.2) is 4.79 Å². The van der Waals surface area contributed by atoms with E-state index in [-0.39, 0.29) is 23.2 Å². The highest BCUT2D eigenvalue weighted by Gasteiger charge is 2.51. The van der Waals surface area contributed by atoms with Crippen molar-refractivity contribution in [1.29, 1.82) is 0 Å². The van der Waals surface area contributed by atoms with Crippen molar-refractivity contribution in [2.45, 2.75) is 79.4 Å². The number of alkyl carbamates (subject to hydrolysis) is 1. The molecule has 1 aromatic rings. The van der Waals surface area contributed by atoms with E-state index in [1.54, 1.807) is 6.92 Å². The van der Waals surface area contributed by atoms with Gasteiger partial charge in [0.1, 0.15) is 12.8 Å². The maximum atomic E-state index is 11.9. The lowest BCUT2D eigenvalue weighted by Crippen LogP contribution is -2.41. The third-order valence-corrected chi connectivity index (χ3v) is 4.96. The number of benzene rings is 1. The maximum Gasteiger partial charge on any atom is 0.494 e. The highest BCUT2D eigenvalue weighted by molar-refractivity contribution is 6.62. The van der Waals surface area contributed by atoms with Gasteiger partial charge in [0.05, 0.1) is 17.8 Å². The molecule has 6 nitrogen and oxygen atoms in total. The van der Waals surface area contributed by atoms with E-state index < -0.39 is 19.4 Å². The molecule has 1 amide bonds. The number of carbonyl (C=O) groups is 1. The summed E-state index contributed by atoms with van der Waals surface area (Å²) in [5, 5.41) is 2.67. The third-order valence-electron chi connectivity index (χ3n) is 4.96. The molecule has 1 heterocycles. The Labute approximate surface area is 169 Å². The molecule has 0 saturated carbocycles. The third kappa shape index (κ3) is 6.22. The molecule has 1 aliphatic heterocycles. The van der Waals surface area contributed by atoms with Crippen LogP contribution in [0.5, 0.6) is 0 Å². The Morgan fingerprint density at radius 1 is 1.11 bits per heavy atom. The summed E-state index contributed by atoms with van der Waals surface area (Å²) < 4.78 is 23.0. The quantitative estimate of drug-likeness (QED) is 0.593. The number of hydrogen-bond donors (Lipinski definition) is 1. The van der Waals surface area contributed by atoms with Crippen LogP contribution >= 0.6 is 0 Å². The predicted octanol–water partition coefficient (Wildman–Crippen LogP) is 3.62. The van der Waals surface area contributed by atoms with Gasteiger partial charge in [-0.2, -0.15) is 0 Å². The van der Waals surface area contributed by atoms with Crippen molar-refractivity contribution in [3.63, 3.8) is 0 Å². The Balaban J connectivity index is 1.81. The molecule has 0 aromatic heterocycles. The molecule has 0 aliphatic carbocycles. The van der Waals surface area contributed by atoms with Crippen molar-refractivity contribution in [1.82, 2.24) is 5.32 Å². The molecule has 0 radical (unpaired) electrons. The molecule has 1 fully saturated rings. The van der Waals surface area contributed by atoms with Crippen LogP contribution in [-0.4, -0.2) is 37.2 Å². The summed E-state index contributed by atoms with van der Waals surface area (Å²) >= 11 is 0. The Hall–Kier alpha value is -1.57. The second kappa shape index (κ2) is 8.43. The van der Waals surface area contributed by atoms with Crippen molar-refractivity contribution in [2.24, 2.45) is 5.41 Å². The van der Waals surface area contributed by atoms with E-state index in [4.69, 9.17) is 18.8 Å². The molecule has 7 heteroatoms. The fraction of sp³-hybridized carbons (Fsp3) is 0.667. The second-order valence-corrected chi connectivity index (χ2v) is 9.56. The minimum atomic E-state index is -0.503. The van der Waals surface area contributed by atoms with Gasteiger partial charge in [-0.3, -0.25) is 5.32 Å². The number of ether oxygens (including phenoxy) is 2. The summed E-state index contributed by atoms with van der Waals surface area (Å²) in [6.45, 7) is 16.9. The lowest BCUT2D eigenvalue weighted by molar-refractivity contribution is -0.000460. The first kappa shape index (κ1) is 22.7. The molecule has 1 atom stereocenters. The average Bonchev–Trinajstić information content (AvgIpc) is 2.79. The highest BCUT2D eigenvalue weighted by atomic mass is 16.7. The monoisotopic (exact) mass is 391 g/mol. The topological polar surface area (TPSA) is 66.0 Å². The van der Waals surface area contributed by atoms with Gasteiger partial charge in [-0.05, 0) is 51.1 Å². The molecule has 0 bridgehead atoms. The van der Waals surface area contributed by atoms with Crippen LogP contribution in [0.15, 0.2) is 24.3 Å². The molecule has 1 aliphatic rings. The minimum Gasteiger partial charge on any atom is -0.445 e. The van der Waals surface area contributed by atoms with Crippen molar-refractivity contribution < 1.29 is 23.6 Å². The zero-order valence-corrected chi connectivity index (χ0v) is 18.4. The molecule has 1 N–H and O–H groups in total. The molecule has 2 rings (SSSR count). The average molecular weight is 391 g/mol. The van der Waals surface area contributed by atoms with Gasteiger partial charge in [0.2, 0.25) is 0 Å². The summed E-state index contributed by atoms with van der Waals surface area (Å²) in [4.78, 5) is 11.9. The number of rotatable bonds is 6. The Kier molecular flexibility index (Phi) is 6.84. The predicted molar refractivity (Wildman–Crippen MR) is 110 cm³/mol. The Bertz CT molecular complexity index is 650. The largest absolute Gasteiger partial charge is 0.494 e. The molecule has 1 aromatic carbocycles. The summed E-state index contributed by atoms with van der Waals surface area (Å²) in [5.41, 5.74) is 1.13. The normalized spacial score (nSPS) is 19.4. The van der Waals surface area contributed by atoms with Crippen molar-refractivity contribution in [3.05, 3.63) is 29.8 Å². The first-order chi connectivity index (χ1) is 12.8. The van der Waals surface area contributed by atoms with Crippen LogP contribution < -0.4 is 10.8 Å². The van der Waals surface area contributed by atoms with Crippen LogP contribution in [0.1, 0.15) is 61.0 Å². The van der Waals surface area contributed by atoms with Crippen LogP contribution in [0.3, 0.4) is 0 Å². The smallest absolute Gasteiger partial charge is 0.445 e. The van der Waals surface area contributed by atoms with E-state index in [1.165, 1.54) is 0 Å². The SMILES string of the molecule is CC(NC(=O)OCc1ccc(B2OC(C)(C)C(C)(C)O2)cc1)OCC(C)(C)C. The van der Waals surface area contributed by atoms with E-state index in [2.05, 4.69) is 26.1 Å².